The third kappa shape index (κ3) is 3.30. The number of hydrogen-bond acceptors (Lipinski definition) is 6. The minimum absolute atomic E-state index is 0.227. The molecule has 1 aliphatic rings. The smallest absolute Gasteiger partial charge is 0.344 e. The highest BCUT2D eigenvalue weighted by Gasteiger charge is 2.29. The summed E-state index contributed by atoms with van der Waals surface area (Å²) >= 11 is 0. The van der Waals surface area contributed by atoms with E-state index < -0.39 is 5.97 Å². The van der Waals surface area contributed by atoms with Gasteiger partial charge in [0, 0.05) is 13.2 Å². The summed E-state index contributed by atoms with van der Waals surface area (Å²) < 4.78 is 12.6. The van der Waals surface area contributed by atoms with E-state index in [0.717, 1.165) is 36.7 Å². The van der Waals surface area contributed by atoms with Gasteiger partial charge in [-0.1, -0.05) is 31.4 Å². The number of rotatable bonds is 5. The van der Waals surface area contributed by atoms with Gasteiger partial charge in [0.25, 0.3) is 0 Å². The van der Waals surface area contributed by atoms with E-state index >= 15 is 0 Å². The van der Waals surface area contributed by atoms with Crippen LogP contribution in [0.5, 0.6) is 0 Å². The molecule has 7 nitrogen and oxygen atoms in total. The SMILES string of the molecule is COC[C@H](C)OC(=O)c1c(N)n(C2CCCCC2)c2nc3ccccc3nc12. The standard InChI is InChI=1S/C21H26N4O3/c1-13(12-27-2)28-21(26)17-18-20(24-16-11-7-6-10-15(16)23-18)25(19(17)22)14-8-4-3-5-9-14/h6-7,10-11,13-14H,3-5,8-9,12,22H2,1-2H3/t13-/m0/s1. The number of esters is 1. The van der Waals surface area contributed by atoms with Crippen LogP contribution in [0.25, 0.3) is 22.2 Å². The molecule has 0 saturated heterocycles. The van der Waals surface area contributed by atoms with Crippen molar-refractivity contribution in [3.05, 3.63) is 29.8 Å². The Kier molecular flexibility index (Phi) is 5.17. The van der Waals surface area contributed by atoms with Gasteiger partial charge in [-0.05, 0) is 31.9 Å². The van der Waals surface area contributed by atoms with Crippen molar-refractivity contribution in [2.45, 2.75) is 51.2 Å². The molecule has 1 aliphatic carbocycles. The summed E-state index contributed by atoms with van der Waals surface area (Å²) in [6, 6.07) is 7.88. The lowest BCUT2D eigenvalue weighted by atomic mass is 9.95. The van der Waals surface area contributed by atoms with E-state index in [0.29, 0.717) is 29.2 Å². The fourth-order valence-corrected chi connectivity index (χ4v) is 4.10. The molecule has 1 fully saturated rings. The first-order valence-corrected chi connectivity index (χ1v) is 9.86. The molecule has 2 aromatic heterocycles. The van der Waals surface area contributed by atoms with Crippen molar-refractivity contribution in [1.82, 2.24) is 14.5 Å². The Morgan fingerprint density at radius 1 is 1.21 bits per heavy atom. The van der Waals surface area contributed by atoms with E-state index in [1.54, 1.807) is 14.0 Å². The van der Waals surface area contributed by atoms with E-state index in [-0.39, 0.29) is 12.1 Å². The normalized spacial score (nSPS) is 16.5. The number of nitrogens with zero attached hydrogens (tertiary/aromatic N) is 3. The molecule has 1 aromatic carbocycles. The monoisotopic (exact) mass is 382 g/mol. The van der Waals surface area contributed by atoms with Crippen molar-refractivity contribution >= 4 is 34.0 Å². The average Bonchev–Trinajstić information content (AvgIpc) is 2.97. The number of hydrogen-bond donors (Lipinski definition) is 1. The molecule has 1 atom stereocenters. The topological polar surface area (TPSA) is 92.3 Å². The van der Waals surface area contributed by atoms with Crippen LogP contribution in [0.4, 0.5) is 5.82 Å². The second-order valence-electron chi connectivity index (χ2n) is 7.48. The number of carbonyl (C=O) groups excluding carboxylic acids is 1. The number of benzene rings is 1. The Morgan fingerprint density at radius 3 is 2.57 bits per heavy atom. The van der Waals surface area contributed by atoms with Crippen LogP contribution >= 0.6 is 0 Å². The highest BCUT2D eigenvalue weighted by molar-refractivity contribution is 6.08. The van der Waals surface area contributed by atoms with Crippen molar-refractivity contribution in [2.75, 3.05) is 19.5 Å². The fourth-order valence-electron chi connectivity index (χ4n) is 4.10. The van der Waals surface area contributed by atoms with E-state index in [1.807, 2.05) is 28.8 Å². The minimum atomic E-state index is -0.480. The van der Waals surface area contributed by atoms with Gasteiger partial charge in [-0.2, -0.15) is 0 Å². The molecule has 0 aliphatic heterocycles. The lowest BCUT2D eigenvalue weighted by molar-refractivity contribution is 0.0123. The van der Waals surface area contributed by atoms with E-state index in [1.165, 1.54) is 6.42 Å². The zero-order valence-electron chi connectivity index (χ0n) is 16.4. The zero-order chi connectivity index (χ0) is 19.7. The van der Waals surface area contributed by atoms with Gasteiger partial charge in [0.05, 0.1) is 17.6 Å². The average molecular weight is 382 g/mol. The predicted molar refractivity (Wildman–Crippen MR) is 108 cm³/mol. The van der Waals surface area contributed by atoms with Gasteiger partial charge in [-0.15, -0.1) is 0 Å². The van der Waals surface area contributed by atoms with Crippen LogP contribution in [-0.4, -0.2) is 40.3 Å². The van der Waals surface area contributed by atoms with Gasteiger partial charge >= 0.3 is 5.97 Å². The van der Waals surface area contributed by atoms with Crippen LogP contribution < -0.4 is 5.73 Å². The van der Waals surface area contributed by atoms with Crippen LogP contribution in [-0.2, 0) is 9.47 Å². The molecule has 2 heterocycles. The Labute approximate surface area is 163 Å². The molecule has 2 N–H and O–H groups in total. The first kappa shape index (κ1) is 18.7. The molecule has 0 spiro atoms. The van der Waals surface area contributed by atoms with Crippen LogP contribution in [0.3, 0.4) is 0 Å². The van der Waals surface area contributed by atoms with Gasteiger partial charge < -0.3 is 19.8 Å². The summed E-state index contributed by atoms with van der Waals surface area (Å²) in [5, 5.41) is 0. The summed E-state index contributed by atoms with van der Waals surface area (Å²) in [4.78, 5) is 22.5. The molecular formula is C21H26N4O3. The summed E-state index contributed by atoms with van der Waals surface area (Å²) in [6.45, 7) is 2.11. The van der Waals surface area contributed by atoms with Gasteiger partial charge in [-0.3, -0.25) is 0 Å². The third-order valence-corrected chi connectivity index (χ3v) is 5.39. The molecular weight excluding hydrogens is 356 g/mol. The third-order valence-electron chi connectivity index (χ3n) is 5.39. The number of para-hydroxylation sites is 2. The summed E-state index contributed by atoms with van der Waals surface area (Å²) in [5.74, 6) is -0.0852. The highest BCUT2D eigenvalue weighted by Crippen LogP contribution is 2.37. The van der Waals surface area contributed by atoms with Crippen molar-refractivity contribution in [2.24, 2.45) is 0 Å². The highest BCUT2D eigenvalue weighted by atomic mass is 16.6. The number of anilines is 1. The maximum Gasteiger partial charge on any atom is 0.344 e. The second kappa shape index (κ2) is 7.75. The second-order valence-corrected chi connectivity index (χ2v) is 7.48. The summed E-state index contributed by atoms with van der Waals surface area (Å²) in [6.07, 6.45) is 5.20. The summed E-state index contributed by atoms with van der Waals surface area (Å²) in [5.41, 5.74) is 9.51. The number of ether oxygens (including phenoxy) is 2. The number of nitrogens with two attached hydrogens (primary N) is 1. The van der Waals surface area contributed by atoms with Crippen LogP contribution in [0.1, 0.15) is 55.4 Å². The van der Waals surface area contributed by atoms with Gasteiger partial charge in [0.1, 0.15) is 23.0 Å². The number of carbonyl (C=O) groups is 1. The Hall–Kier alpha value is -2.67. The molecule has 148 valence electrons. The molecule has 1 saturated carbocycles. The van der Waals surface area contributed by atoms with Gasteiger partial charge in [0.2, 0.25) is 0 Å². The minimum Gasteiger partial charge on any atom is -0.456 e. The van der Waals surface area contributed by atoms with Crippen molar-refractivity contribution in [3.8, 4) is 0 Å². The lowest BCUT2D eigenvalue weighted by Gasteiger charge is -2.25. The molecule has 0 amide bonds. The van der Waals surface area contributed by atoms with Crippen molar-refractivity contribution in [3.63, 3.8) is 0 Å². The number of nitrogen functional groups attached to an aromatic ring is 1. The van der Waals surface area contributed by atoms with Gasteiger partial charge in [0.15, 0.2) is 5.65 Å². The van der Waals surface area contributed by atoms with E-state index in [9.17, 15) is 4.79 Å². The van der Waals surface area contributed by atoms with Crippen LogP contribution in [0.15, 0.2) is 24.3 Å². The number of fused-ring (bicyclic) bond motifs is 2. The van der Waals surface area contributed by atoms with Crippen molar-refractivity contribution in [1.29, 1.82) is 0 Å². The molecule has 7 heteroatoms. The lowest BCUT2D eigenvalue weighted by Crippen LogP contribution is -2.21. The van der Waals surface area contributed by atoms with Gasteiger partial charge in [-0.25, -0.2) is 14.8 Å². The van der Waals surface area contributed by atoms with Crippen LogP contribution in [0.2, 0.25) is 0 Å². The number of aromatic nitrogens is 3. The Morgan fingerprint density at radius 2 is 1.89 bits per heavy atom. The molecule has 4 rings (SSSR count). The van der Waals surface area contributed by atoms with Crippen molar-refractivity contribution < 1.29 is 14.3 Å². The Bertz CT molecular complexity index is 1010. The largest absolute Gasteiger partial charge is 0.456 e. The zero-order valence-corrected chi connectivity index (χ0v) is 16.4. The Balaban J connectivity index is 1.88. The maximum absolute atomic E-state index is 13.0. The predicted octanol–water partition coefficient (Wildman–Crippen LogP) is 3.86. The fraction of sp³-hybridized carbons (Fsp3) is 0.476. The molecule has 0 unspecified atom stereocenters. The molecule has 3 aromatic rings. The van der Waals surface area contributed by atoms with E-state index in [4.69, 9.17) is 25.2 Å². The maximum atomic E-state index is 13.0. The summed E-state index contributed by atoms with van der Waals surface area (Å²) in [7, 11) is 1.57. The first-order valence-electron chi connectivity index (χ1n) is 9.86. The first-order chi connectivity index (χ1) is 13.6. The molecule has 28 heavy (non-hydrogen) atoms. The molecule has 0 bridgehead atoms. The van der Waals surface area contributed by atoms with E-state index in [2.05, 4.69) is 0 Å². The quantitative estimate of drug-likeness (QED) is 0.674. The number of methoxy groups -OCH3 is 1. The van der Waals surface area contributed by atoms with Crippen LogP contribution in [0, 0.1) is 0 Å². The molecule has 0 radical (unpaired) electrons.